The molecule has 0 radical (unpaired) electrons. The molecular weight excluding hydrogens is 154 g/mol. The van der Waals surface area contributed by atoms with Gasteiger partial charge in [-0.15, -0.1) is 0 Å². The Kier molecular flexibility index (Phi) is 3.50. The van der Waals surface area contributed by atoms with Crippen LogP contribution in [0.25, 0.3) is 0 Å². The maximum Gasteiger partial charge on any atom is 0.101 e. The zero-order valence-corrected chi connectivity index (χ0v) is 8.05. The van der Waals surface area contributed by atoms with Crippen LogP contribution >= 0.6 is 0 Å². The van der Waals surface area contributed by atoms with E-state index in [9.17, 15) is 5.11 Å². The third kappa shape index (κ3) is 2.44. The maximum absolute atomic E-state index is 10.0. The molecule has 1 saturated heterocycles. The highest BCUT2D eigenvalue weighted by atomic mass is 16.5. The van der Waals surface area contributed by atoms with Crippen molar-refractivity contribution in [3.05, 3.63) is 0 Å². The number of piperidine rings is 1. The number of likely N-dealkylation sites (N-methyl/N-ethyl adjacent to an activating group) is 1. The summed E-state index contributed by atoms with van der Waals surface area (Å²) in [6.07, 6.45) is 1.95. The highest BCUT2D eigenvalue weighted by Crippen LogP contribution is 2.20. The average molecular weight is 173 g/mol. The van der Waals surface area contributed by atoms with Gasteiger partial charge in [0.1, 0.15) is 5.60 Å². The molecule has 3 heteroatoms. The summed E-state index contributed by atoms with van der Waals surface area (Å²) < 4.78 is 5.00. The van der Waals surface area contributed by atoms with Crippen LogP contribution < -0.4 is 0 Å². The van der Waals surface area contributed by atoms with Gasteiger partial charge in [0.15, 0.2) is 0 Å². The van der Waals surface area contributed by atoms with Gasteiger partial charge in [-0.3, -0.25) is 0 Å². The fourth-order valence-corrected chi connectivity index (χ4v) is 1.86. The highest BCUT2D eigenvalue weighted by Gasteiger charge is 2.32. The molecular formula is C9H19NO2. The Bertz CT molecular complexity index is 136. The number of ether oxygens (including phenoxy) is 1. The first-order chi connectivity index (χ1) is 5.70. The van der Waals surface area contributed by atoms with E-state index in [1.54, 1.807) is 7.11 Å². The summed E-state index contributed by atoms with van der Waals surface area (Å²) in [4.78, 5) is 2.27. The first-order valence-corrected chi connectivity index (χ1v) is 4.64. The van der Waals surface area contributed by atoms with Crippen molar-refractivity contribution < 1.29 is 9.84 Å². The predicted octanol–water partition coefficient (Wildman–Crippen LogP) is 0.480. The van der Waals surface area contributed by atoms with Crippen LogP contribution in [0.2, 0.25) is 0 Å². The lowest BCUT2D eigenvalue weighted by atomic mass is 9.94. The normalized spacial score (nSPS) is 32.2. The zero-order valence-electron chi connectivity index (χ0n) is 8.05. The van der Waals surface area contributed by atoms with E-state index < -0.39 is 5.60 Å². The van der Waals surface area contributed by atoms with Gasteiger partial charge in [0.25, 0.3) is 0 Å². The third-order valence-electron chi connectivity index (χ3n) is 2.49. The van der Waals surface area contributed by atoms with Gasteiger partial charge in [0, 0.05) is 13.7 Å². The Hall–Kier alpha value is -0.120. The molecule has 12 heavy (non-hydrogen) atoms. The Morgan fingerprint density at radius 2 is 2.33 bits per heavy atom. The summed E-state index contributed by atoms with van der Waals surface area (Å²) in [6.45, 7) is 5.48. The highest BCUT2D eigenvalue weighted by molar-refractivity contribution is 4.86. The van der Waals surface area contributed by atoms with Crippen LogP contribution in [0.15, 0.2) is 0 Å². The largest absolute Gasteiger partial charge is 0.386 e. The molecule has 0 amide bonds. The molecule has 1 N–H and O–H groups in total. The quantitative estimate of drug-likeness (QED) is 0.674. The van der Waals surface area contributed by atoms with Crippen molar-refractivity contribution >= 4 is 0 Å². The summed E-state index contributed by atoms with van der Waals surface area (Å²) in [5, 5.41) is 10.0. The molecule has 0 spiro atoms. The van der Waals surface area contributed by atoms with Gasteiger partial charge in [0.2, 0.25) is 0 Å². The Morgan fingerprint density at radius 1 is 1.58 bits per heavy atom. The van der Waals surface area contributed by atoms with Crippen LogP contribution in [0, 0.1) is 0 Å². The summed E-state index contributed by atoms with van der Waals surface area (Å²) in [5.41, 5.74) is -0.594. The van der Waals surface area contributed by atoms with E-state index >= 15 is 0 Å². The van der Waals surface area contributed by atoms with Crippen molar-refractivity contribution in [2.75, 3.05) is 33.4 Å². The lowest BCUT2D eigenvalue weighted by Gasteiger charge is -2.38. The number of likely N-dealkylation sites (tertiary alicyclic amines) is 1. The molecule has 1 aliphatic heterocycles. The van der Waals surface area contributed by atoms with Gasteiger partial charge in [-0.2, -0.15) is 0 Å². The fraction of sp³-hybridized carbons (Fsp3) is 1.00. The van der Waals surface area contributed by atoms with E-state index in [1.165, 1.54) is 0 Å². The number of aliphatic hydroxyl groups is 1. The Labute approximate surface area is 74.3 Å². The van der Waals surface area contributed by atoms with Crippen LogP contribution in [0.1, 0.15) is 19.8 Å². The average Bonchev–Trinajstić information content (AvgIpc) is 2.04. The summed E-state index contributed by atoms with van der Waals surface area (Å²) >= 11 is 0. The molecule has 0 aliphatic carbocycles. The van der Waals surface area contributed by atoms with E-state index in [4.69, 9.17) is 4.74 Å². The molecule has 1 atom stereocenters. The number of nitrogens with zero attached hydrogens (tertiary/aromatic N) is 1. The van der Waals surface area contributed by atoms with E-state index in [2.05, 4.69) is 11.8 Å². The minimum Gasteiger partial charge on any atom is -0.386 e. The minimum absolute atomic E-state index is 0.462. The van der Waals surface area contributed by atoms with Crippen LogP contribution in [0.4, 0.5) is 0 Å². The van der Waals surface area contributed by atoms with Gasteiger partial charge in [-0.1, -0.05) is 6.92 Å². The number of methoxy groups -OCH3 is 1. The lowest BCUT2D eigenvalue weighted by molar-refractivity contribution is -0.0764. The van der Waals surface area contributed by atoms with Crippen LogP contribution in [0.5, 0.6) is 0 Å². The molecule has 1 unspecified atom stereocenters. The fourth-order valence-electron chi connectivity index (χ4n) is 1.86. The van der Waals surface area contributed by atoms with Gasteiger partial charge in [0.05, 0.1) is 6.61 Å². The molecule has 0 aromatic heterocycles. The van der Waals surface area contributed by atoms with E-state index in [1.807, 2.05) is 0 Å². The molecule has 1 aliphatic rings. The molecule has 0 aromatic rings. The van der Waals surface area contributed by atoms with Gasteiger partial charge in [-0.25, -0.2) is 0 Å². The standard InChI is InChI=1S/C9H19NO2/c1-3-10-6-4-5-9(11,7-10)8-12-2/h11H,3-8H2,1-2H3. The van der Waals surface area contributed by atoms with Crippen LogP contribution in [-0.4, -0.2) is 49.0 Å². The third-order valence-corrected chi connectivity index (χ3v) is 2.49. The van der Waals surface area contributed by atoms with Crippen molar-refractivity contribution in [3.63, 3.8) is 0 Å². The number of hydrogen-bond acceptors (Lipinski definition) is 3. The van der Waals surface area contributed by atoms with Crippen molar-refractivity contribution in [2.45, 2.75) is 25.4 Å². The van der Waals surface area contributed by atoms with Gasteiger partial charge in [-0.05, 0) is 25.9 Å². The van der Waals surface area contributed by atoms with E-state index in [0.717, 1.165) is 32.5 Å². The molecule has 0 aromatic carbocycles. The number of rotatable bonds is 3. The topological polar surface area (TPSA) is 32.7 Å². The van der Waals surface area contributed by atoms with E-state index in [0.29, 0.717) is 6.61 Å². The monoisotopic (exact) mass is 173 g/mol. The van der Waals surface area contributed by atoms with Crippen molar-refractivity contribution in [2.24, 2.45) is 0 Å². The van der Waals surface area contributed by atoms with Crippen molar-refractivity contribution in [3.8, 4) is 0 Å². The molecule has 3 nitrogen and oxygen atoms in total. The summed E-state index contributed by atoms with van der Waals surface area (Å²) in [5.74, 6) is 0. The second-order valence-electron chi connectivity index (χ2n) is 3.63. The Morgan fingerprint density at radius 3 is 2.92 bits per heavy atom. The van der Waals surface area contributed by atoms with Crippen molar-refractivity contribution in [1.29, 1.82) is 0 Å². The van der Waals surface area contributed by atoms with E-state index in [-0.39, 0.29) is 0 Å². The summed E-state index contributed by atoms with van der Waals surface area (Å²) in [7, 11) is 1.64. The maximum atomic E-state index is 10.0. The molecule has 0 bridgehead atoms. The Balaban J connectivity index is 2.43. The van der Waals surface area contributed by atoms with Gasteiger partial charge >= 0.3 is 0 Å². The smallest absolute Gasteiger partial charge is 0.101 e. The predicted molar refractivity (Wildman–Crippen MR) is 48.2 cm³/mol. The lowest BCUT2D eigenvalue weighted by Crippen LogP contribution is -2.50. The second-order valence-corrected chi connectivity index (χ2v) is 3.63. The molecule has 0 saturated carbocycles. The number of hydrogen-bond donors (Lipinski definition) is 1. The first kappa shape index (κ1) is 9.96. The number of β-amino-alcohol motifs (C(OH)–C–C–N with tert-alkyl or cyclic N) is 1. The van der Waals surface area contributed by atoms with Gasteiger partial charge < -0.3 is 14.7 Å². The SMILES string of the molecule is CCN1CCCC(O)(COC)C1. The molecule has 1 fully saturated rings. The minimum atomic E-state index is -0.594. The zero-order chi connectivity index (χ0) is 9.03. The second kappa shape index (κ2) is 4.21. The molecule has 1 heterocycles. The molecule has 72 valence electrons. The van der Waals surface area contributed by atoms with Crippen LogP contribution in [-0.2, 0) is 4.74 Å². The summed E-state index contributed by atoms with van der Waals surface area (Å²) in [6, 6.07) is 0. The molecule has 1 rings (SSSR count). The van der Waals surface area contributed by atoms with Crippen LogP contribution in [0.3, 0.4) is 0 Å². The first-order valence-electron chi connectivity index (χ1n) is 4.64. The van der Waals surface area contributed by atoms with Crippen molar-refractivity contribution in [1.82, 2.24) is 4.90 Å².